The highest BCUT2D eigenvalue weighted by molar-refractivity contribution is 7.91. The minimum Gasteiger partial charge on any atom is -0.469 e. The van der Waals surface area contributed by atoms with Crippen molar-refractivity contribution in [3.8, 4) is 0 Å². The predicted octanol–water partition coefficient (Wildman–Crippen LogP) is 17.8. The fourth-order valence-electron chi connectivity index (χ4n) is 13.0. The van der Waals surface area contributed by atoms with E-state index in [4.69, 9.17) is 55.3 Å². The van der Waals surface area contributed by atoms with Crippen LogP contribution in [0.5, 0.6) is 0 Å². The maximum absolute atomic E-state index is 14.4. The summed E-state index contributed by atoms with van der Waals surface area (Å²) in [7, 11) is -12.9. The highest BCUT2D eigenvalue weighted by atomic mass is 32.2. The van der Waals surface area contributed by atoms with Gasteiger partial charge in [0.25, 0.3) is 0 Å². The zero-order valence-electron chi connectivity index (χ0n) is 66.9. The molecule has 0 radical (unpaired) electrons. The summed E-state index contributed by atoms with van der Waals surface area (Å²) in [6.07, 6.45) is 3.03. The molecule has 5 heterocycles. The fourth-order valence-corrected chi connectivity index (χ4v) is 21.0. The first-order valence-corrected chi connectivity index (χ1v) is 53.4. The highest BCUT2D eigenvalue weighted by Crippen LogP contribution is 2.49. The number of allylic oxidation sites excluding steroid dienone is 1. The molecule has 0 aliphatic carbocycles. The number of methoxy groups -OCH3 is 2. The van der Waals surface area contributed by atoms with Crippen molar-refractivity contribution in [3.63, 3.8) is 0 Å². The van der Waals surface area contributed by atoms with Crippen molar-refractivity contribution in [2.45, 2.75) is 369 Å². The van der Waals surface area contributed by atoms with Gasteiger partial charge in [0.2, 0.25) is 0 Å². The van der Waals surface area contributed by atoms with Gasteiger partial charge in [-0.1, -0.05) is 148 Å². The number of ketones is 1. The van der Waals surface area contributed by atoms with Crippen LogP contribution in [-0.2, 0) is 74.7 Å². The molecule has 5 fully saturated rings. The van der Waals surface area contributed by atoms with Crippen molar-refractivity contribution in [1.82, 2.24) is 0 Å². The average Bonchev–Trinajstić information content (AvgIpc) is 0.965. The number of rotatable bonds is 30. The molecule has 2 unspecified atom stereocenters. The van der Waals surface area contributed by atoms with Crippen molar-refractivity contribution >= 4 is 63.2 Å². The smallest absolute Gasteiger partial charge is 0.308 e. The second kappa shape index (κ2) is 33.1. The maximum Gasteiger partial charge on any atom is 0.308 e. The summed E-state index contributed by atoms with van der Waals surface area (Å²) >= 11 is 0. The van der Waals surface area contributed by atoms with E-state index in [1.807, 2.05) is 12.1 Å². The molecular formula is C77H138O16SSi5. The van der Waals surface area contributed by atoms with E-state index in [9.17, 15) is 18.0 Å². The van der Waals surface area contributed by atoms with E-state index < -0.39 is 112 Å². The van der Waals surface area contributed by atoms with E-state index in [1.54, 1.807) is 37.5 Å². The first-order chi connectivity index (χ1) is 45.1. The zero-order chi connectivity index (χ0) is 74.8. The molecule has 568 valence electrons. The normalized spacial score (nSPS) is 29.8. The largest absolute Gasteiger partial charge is 0.469 e. The minimum atomic E-state index is -3.77. The van der Waals surface area contributed by atoms with Crippen LogP contribution >= 0.6 is 0 Å². The number of esters is 1. The molecule has 5 aliphatic rings. The number of benzene rings is 1. The first-order valence-electron chi connectivity index (χ1n) is 37.2. The Bertz CT molecular complexity index is 2990. The number of fused-ring (bicyclic) bond motifs is 1. The van der Waals surface area contributed by atoms with Crippen LogP contribution in [0.15, 0.2) is 71.7 Å². The van der Waals surface area contributed by atoms with Crippen LogP contribution < -0.4 is 0 Å². The Balaban J connectivity index is 1.19. The van der Waals surface area contributed by atoms with Crippen LogP contribution in [0.1, 0.15) is 181 Å². The molecule has 0 bridgehead atoms. The molecule has 17 atom stereocenters. The molecule has 6 rings (SSSR count). The van der Waals surface area contributed by atoms with E-state index >= 15 is 0 Å². The van der Waals surface area contributed by atoms with E-state index in [0.717, 1.165) is 24.0 Å². The van der Waals surface area contributed by atoms with Crippen molar-refractivity contribution < 1.29 is 73.3 Å². The summed E-state index contributed by atoms with van der Waals surface area (Å²) in [6.45, 7) is 67.8. The molecular weight excluding hydrogens is 1350 g/mol. The van der Waals surface area contributed by atoms with Gasteiger partial charge in [-0.3, -0.25) is 9.59 Å². The van der Waals surface area contributed by atoms with Gasteiger partial charge in [0.1, 0.15) is 24.4 Å². The molecule has 0 amide bonds. The molecule has 1 aromatic carbocycles. The summed E-state index contributed by atoms with van der Waals surface area (Å²) in [5.41, 5.74) is 1.99. The van der Waals surface area contributed by atoms with Crippen LogP contribution in [0.3, 0.4) is 0 Å². The maximum atomic E-state index is 14.4. The molecule has 5 saturated heterocycles. The fraction of sp³-hybridized carbons (Fsp3) is 0.818. The molecule has 0 N–H and O–H groups in total. The number of ether oxygens (including phenoxy) is 7. The summed E-state index contributed by atoms with van der Waals surface area (Å²) in [4.78, 5) is 27.4. The Morgan fingerprint density at radius 1 is 0.626 bits per heavy atom. The quantitative estimate of drug-likeness (QED) is 0.0307. The number of hydrogen-bond donors (Lipinski definition) is 0. The Kier molecular flexibility index (Phi) is 28.8. The minimum absolute atomic E-state index is 0.00674. The van der Waals surface area contributed by atoms with Crippen LogP contribution in [0, 0.1) is 11.8 Å². The molecule has 0 aromatic heterocycles. The second-order valence-corrected chi connectivity index (χ2v) is 63.3. The van der Waals surface area contributed by atoms with Crippen LogP contribution in [0.2, 0.25) is 90.7 Å². The van der Waals surface area contributed by atoms with Gasteiger partial charge < -0.3 is 55.3 Å². The number of hydrogen-bond acceptors (Lipinski definition) is 16. The van der Waals surface area contributed by atoms with Crippen molar-refractivity contribution in [2.24, 2.45) is 11.8 Å². The Morgan fingerprint density at radius 2 is 1.18 bits per heavy atom. The summed E-state index contributed by atoms with van der Waals surface area (Å²) in [6, 6.07) is 8.67. The lowest BCUT2D eigenvalue weighted by Crippen LogP contribution is -2.69. The van der Waals surface area contributed by atoms with Crippen molar-refractivity contribution in [2.75, 3.05) is 26.6 Å². The van der Waals surface area contributed by atoms with Gasteiger partial charge in [-0.05, 0) is 171 Å². The Labute approximate surface area is 606 Å². The zero-order valence-corrected chi connectivity index (χ0v) is 72.7. The summed E-state index contributed by atoms with van der Waals surface area (Å²) < 4.78 is 113. The predicted molar refractivity (Wildman–Crippen MR) is 412 cm³/mol. The summed E-state index contributed by atoms with van der Waals surface area (Å²) in [5.74, 6) is -0.886. The second-order valence-electron chi connectivity index (χ2n) is 37.5. The van der Waals surface area contributed by atoms with E-state index in [1.165, 1.54) is 7.11 Å². The monoisotopic (exact) mass is 1490 g/mol. The van der Waals surface area contributed by atoms with Crippen molar-refractivity contribution in [3.05, 3.63) is 66.8 Å². The summed E-state index contributed by atoms with van der Waals surface area (Å²) in [5, 5.41) is -0.559. The molecule has 0 spiro atoms. The Morgan fingerprint density at radius 3 is 1.74 bits per heavy atom. The molecule has 22 heteroatoms. The lowest BCUT2D eigenvalue weighted by molar-refractivity contribution is -0.267. The first kappa shape index (κ1) is 86.1. The lowest BCUT2D eigenvalue weighted by Gasteiger charge is -2.56. The average molecular weight is 1490 g/mol. The molecule has 5 aliphatic heterocycles. The number of carbonyl (C=O) groups is 2. The SMILES string of the molecule is C=C1C[C@H](CCC(=O)/C=C/[C@H](O[Si](C)(C)C(C)(C)C)[C@@H]2O[C@H]3CC[C@H](CC(=O)OC)O[C@@H]3[C@H](O[Si](C)(C)C(C)(C)C)[C@@H]2O[Si](C)(C)C(C)(C)C)OC1CC[C@H]1C[C@@H](C)C(=C)[C@@H](C[C@@H]2O[C@H](CC(CO[Si](C)(C)C(C)(C)C)O[Si](C)(C)C(C)(C)C)[C@H](OC)[C@H]2CS(=O)(=O)c2ccccc2)O1. The van der Waals surface area contributed by atoms with Gasteiger partial charge in [-0.25, -0.2) is 8.42 Å². The van der Waals surface area contributed by atoms with Crippen molar-refractivity contribution in [1.29, 1.82) is 0 Å². The lowest BCUT2D eigenvalue weighted by atomic mass is 9.83. The topological polar surface area (TPSA) is 179 Å². The van der Waals surface area contributed by atoms with Gasteiger partial charge >= 0.3 is 5.97 Å². The number of sulfone groups is 1. The Hall–Kier alpha value is -1.83. The molecule has 16 nitrogen and oxygen atoms in total. The third-order valence-corrected chi connectivity index (χ3v) is 49.0. The van der Waals surface area contributed by atoms with Crippen LogP contribution in [-0.4, -0.2) is 180 Å². The standard InChI is InChI=1S/C77H138O16SSi5/c1-51-44-56(86-64(53(51)3)48-65-60(50-94(80,81)59-34-32-31-33-35-59)68(83-20)66(88-65)46-58(90-96(23,24)74(7,8)9)49-84-95(21,22)73(4,5)6)39-42-61-52(2)45-55(85-61)38-36-54(78)37-41-63(91-97(25,26)75(10,11)12)70-72(93-99(29,30)77(16,17)18)71(92-98(27,28)76(13,14)15)69-62(89-70)43-40-57(87-69)47-67(79)82-19/h31-35,37,41,51,55-58,60-66,68-72H,2-3,36,38-40,42-50H2,1,4-30H3/b41-37+/t51-,55+,56+,57-,58?,60+,61?,62+,63+,64-,65+,66-,68-,69+,70+,71+,72-/m1/s1. The van der Waals surface area contributed by atoms with Gasteiger partial charge in [-0.2, -0.15) is 0 Å². The number of carbonyl (C=O) groups excluding carboxylic acids is 2. The highest BCUT2D eigenvalue weighted by Gasteiger charge is 2.59. The molecule has 1 aromatic rings. The molecule has 0 saturated carbocycles. The van der Waals surface area contributed by atoms with Gasteiger partial charge in [0.05, 0.1) is 97.9 Å². The van der Waals surface area contributed by atoms with Crippen LogP contribution in [0.4, 0.5) is 0 Å². The van der Waals surface area contributed by atoms with Gasteiger partial charge in [0.15, 0.2) is 57.2 Å². The molecule has 99 heavy (non-hydrogen) atoms. The van der Waals surface area contributed by atoms with E-state index in [0.29, 0.717) is 51.6 Å². The third-order valence-electron chi connectivity index (χ3n) is 24.8. The third kappa shape index (κ3) is 22.2. The van der Waals surface area contributed by atoms with E-state index in [2.05, 4.69) is 189 Å². The van der Waals surface area contributed by atoms with Gasteiger partial charge in [-0.15, -0.1) is 0 Å². The van der Waals surface area contributed by atoms with Gasteiger partial charge in [0, 0.05) is 32.3 Å². The van der Waals surface area contributed by atoms with Crippen LogP contribution in [0.25, 0.3) is 0 Å². The van der Waals surface area contributed by atoms with E-state index in [-0.39, 0.29) is 103 Å².